The van der Waals surface area contributed by atoms with Crippen LogP contribution in [0.4, 0.5) is 19.0 Å². The van der Waals surface area contributed by atoms with E-state index in [9.17, 15) is 18.0 Å². The van der Waals surface area contributed by atoms with Crippen molar-refractivity contribution in [1.29, 1.82) is 0 Å². The first kappa shape index (κ1) is 20.1. The predicted molar refractivity (Wildman–Crippen MR) is 102 cm³/mol. The van der Waals surface area contributed by atoms with Crippen molar-refractivity contribution < 1.29 is 18.0 Å². The minimum atomic E-state index is -4.59. The van der Waals surface area contributed by atoms with Gasteiger partial charge in [0.25, 0.3) is 5.91 Å². The summed E-state index contributed by atoms with van der Waals surface area (Å²) in [4.78, 5) is 16.6. The van der Waals surface area contributed by atoms with Crippen LogP contribution in [0.3, 0.4) is 0 Å². The highest BCUT2D eigenvalue weighted by atomic mass is 19.4. The molecule has 0 aliphatic carbocycles. The van der Waals surface area contributed by atoms with E-state index in [0.29, 0.717) is 5.56 Å². The van der Waals surface area contributed by atoms with Crippen LogP contribution in [0.25, 0.3) is 0 Å². The van der Waals surface area contributed by atoms with Gasteiger partial charge in [-0.1, -0.05) is 17.9 Å². The van der Waals surface area contributed by atoms with Crippen LogP contribution in [-0.2, 0) is 13.2 Å². The highest BCUT2D eigenvalue weighted by Crippen LogP contribution is 2.33. The lowest BCUT2D eigenvalue weighted by Crippen LogP contribution is -2.15. The van der Waals surface area contributed by atoms with Crippen molar-refractivity contribution in [2.45, 2.75) is 20.0 Å². The van der Waals surface area contributed by atoms with E-state index in [0.717, 1.165) is 15.8 Å². The van der Waals surface area contributed by atoms with Gasteiger partial charge in [-0.2, -0.15) is 18.3 Å². The van der Waals surface area contributed by atoms with Crippen LogP contribution in [-0.4, -0.2) is 20.7 Å². The number of nitrogens with one attached hydrogen (secondary N) is 1. The lowest BCUT2D eigenvalue weighted by Gasteiger charge is -2.08. The molecule has 0 fully saturated rings. The molecule has 0 aliphatic heterocycles. The van der Waals surface area contributed by atoms with Crippen molar-refractivity contribution in [3.05, 3.63) is 76.2 Å². The third kappa shape index (κ3) is 4.46. The number of hydrogen-bond acceptors (Lipinski definition) is 3. The van der Waals surface area contributed by atoms with E-state index < -0.39 is 17.8 Å². The standard InChI is InChI=1S/C21H17F3N4O/c1-13-6-8-17(11-16(13)9-7-15-5-4-10-25-12-15)20(29)26-19-14(2)18(21(22,23)24)27-28(19)3/h4-6,8,10-12H,1-3H3,(H,26,29). The van der Waals surface area contributed by atoms with Crippen LogP contribution in [0.15, 0.2) is 42.7 Å². The highest BCUT2D eigenvalue weighted by molar-refractivity contribution is 6.04. The first-order valence-electron chi connectivity index (χ1n) is 8.61. The molecule has 5 nitrogen and oxygen atoms in total. The summed E-state index contributed by atoms with van der Waals surface area (Å²) < 4.78 is 40.1. The molecule has 2 heterocycles. The number of rotatable bonds is 2. The average Bonchev–Trinajstić information content (AvgIpc) is 2.96. The fourth-order valence-corrected chi connectivity index (χ4v) is 2.73. The van der Waals surface area contributed by atoms with E-state index in [1.165, 1.54) is 14.0 Å². The molecule has 3 rings (SSSR count). The van der Waals surface area contributed by atoms with Crippen LogP contribution in [0.5, 0.6) is 0 Å². The Labute approximate surface area is 165 Å². The van der Waals surface area contributed by atoms with Gasteiger partial charge in [-0.15, -0.1) is 0 Å². The number of nitrogens with zero attached hydrogens (tertiary/aromatic N) is 3. The Kier molecular flexibility index (Phi) is 5.41. The molecule has 1 amide bonds. The lowest BCUT2D eigenvalue weighted by molar-refractivity contribution is -0.141. The SMILES string of the molecule is Cc1ccc(C(=O)Nc2c(C)c(C(F)(F)F)nn2C)cc1C#Cc1cccnc1. The van der Waals surface area contributed by atoms with Gasteiger partial charge in [-0.05, 0) is 43.7 Å². The van der Waals surface area contributed by atoms with Crippen LogP contribution in [0.1, 0.15) is 38.3 Å². The molecule has 0 saturated carbocycles. The minimum Gasteiger partial charge on any atom is -0.307 e. The van der Waals surface area contributed by atoms with Gasteiger partial charge in [0.2, 0.25) is 0 Å². The Morgan fingerprint density at radius 3 is 2.55 bits per heavy atom. The number of benzene rings is 1. The summed E-state index contributed by atoms with van der Waals surface area (Å²) in [6, 6.07) is 8.52. The number of aromatic nitrogens is 3. The second kappa shape index (κ2) is 7.80. The lowest BCUT2D eigenvalue weighted by atomic mass is 10.0. The van der Waals surface area contributed by atoms with Gasteiger partial charge in [-0.3, -0.25) is 14.5 Å². The number of amides is 1. The normalized spacial score (nSPS) is 11.0. The van der Waals surface area contributed by atoms with Crippen LogP contribution < -0.4 is 5.32 Å². The molecule has 29 heavy (non-hydrogen) atoms. The zero-order chi connectivity index (χ0) is 21.2. The summed E-state index contributed by atoms with van der Waals surface area (Å²) in [5.41, 5.74) is 1.35. The smallest absolute Gasteiger partial charge is 0.307 e. The van der Waals surface area contributed by atoms with Crippen molar-refractivity contribution in [2.24, 2.45) is 7.05 Å². The Morgan fingerprint density at radius 1 is 1.17 bits per heavy atom. The molecule has 0 unspecified atom stereocenters. The predicted octanol–water partition coefficient (Wildman–Crippen LogP) is 4.10. The molecule has 2 aromatic heterocycles. The molecule has 1 N–H and O–H groups in total. The maximum absolute atomic E-state index is 13.0. The van der Waals surface area contributed by atoms with Gasteiger partial charge in [-0.25, -0.2) is 0 Å². The largest absolute Gasteiger partial charge is 0.435 e. The van der Waals surface area contributed by atoms with E-state index in [-0.39, 0.29) is 16.9 Å². The number of carbonyl (C=O) groups excluding carboxylic acids is 1. The van der Waals surface area contributed by atoms with Crippen LogP contribution in [0.2, 0.25) is 0 Å². The quantitative estimate of drug-likeness (QED) is 0.661. The van der Waals surface area contributed by atoms with Crippen molar-refractivity contribution in [2.75, 3.05) is 5.32 Å². The van der Waals surface area contributed by atoms with Crippen LogP contribution in [0, 0.1) is 25.7 Å². The number of anilines is 1. The number of carbonyl (C=O) groups is 1. The maximum atomic E-state index is 13.0. The zero-order valence-electron chi connectivity index (χ0n) is 15.9. The van der Waals surface area contributed by atoms with Gasteiger partial charge in [0.05, 0.1) is 0 Å². The number of aryl methyl sites for hydroxylation is 2. The fourth-order valence-electron chi connectivity index (χ4n) is 2.73. The van der Waals surface area contributed by atoms with E-state index in [1.54, 1.807) is 36.7 Å². The first-order valence-corrected chi connectivity index (χ1v) is 8.61. The summed E-state index contributed by atoms with van der Waals surface area (Å²) >= 11 is 0. The maximum Gasteiger partial charge on any atom is 0.435 e. The van der Waals surface area contributed by atoms with E-state index in [4.69, 9.17) is 0 Å². The second-order valence-corrected chi connectivity index (χ2v) is 6.42. The van der Waals surface area contributed by atoms with Gasteiger partial charge >= 0.3 is 6.18 Å². The van der Waals surface area contributed by atoms with Crippen molar-refractivity contribution in [3.63, 3.8) is 0 Å². The molecule has 0 radical (unpaired) electrons. The third-order valence-corrected chi connectivity index (χ3v) is 4.29. The number of alkyl halides is 3. The van der Waals surface area contributed by atoms with Crippen molar-refractivity contribution in [3.8, 4) is 11.8 Å². The van der Waals surface area contributed by atoms with E-state index in [1.807, 2.05) is 13.0 Å². The third-order valence-electron chi connectivity index (χ3n) is 4.29. The molecule has 0 saturated heterocycles. The summed E-state index contributed by atoms with van der Waals surface area (Å²) in [5.74, 6) is 5.42. The average molecular weight is 398 g/mol. The van der Waals surface area contributed by atoms with E-state index >= 15 is 0 Å². The summed E-state index contributed by atoms with van der Waals surface area (Å²) in [6.07, 6.45) is -1.32. The molecule has 0 bridgehead atoms. The molecule has 3 aromatic rings. The van der Waals surface area contributed by atoms with Crippen molar-refractivity contribution in [1.82, 2.24) is 14.8 Å². The molecular weight excluding hydrogens is 381 g/mol. The van der Waals surface area contributed by atoms with Gasteiger partial charge in [0.1, 0.15) is 5.82 Å². The summed E-state index contributed by atoms with van der Waals surface area (Å²) in [7, 11) is 1.35. The van der Waals surface area contributed by atoms with Crippen LogP contribution >= 0.6 is 0 Å². The molecular formula is C21H17F3N4O. The molecule has 1 aromatic carbocycles. The number of pyridine rings is 1. The molecule has 0 spiro atoms. The first-order chi connectivity index (χ1) is 13.7. The summed E-state index contributed by atoms with van der Waals surface area (Å²) in [5, 5.41) is 5.98. The number of halogens is 3. The Bertz CT molecular complexity index is 1120. The summed E-state index contributed by atoms with van der Waals surface area (Å²) in [6.45, 7) is 3.13. The topological polar surface area (TPSA) is 59.8 Å². The highest BCUT2D eigenvalue weighted by Gasteiger charge is 2.37. The Balaban J connectivity index is 1.88. The van der Waals surface area contributed by atoms with Gasteiger partial charge < -0.3 is 5.32 Å². The second-order valence-electron chi connectivity index (χ2n) is 6.42. The monoisotopic (exact) mass is 398 g/mol. The molecule has 148 valence electrons. The van der Waals surface area contributed by atoms with Gasteiger partial charge in [0.15, 0.2) is 5.69 Å². The minimum absolute atomic E-state index is 0.00843. The molecule has 0 atom stereocenters. The number of hydrogen-bond donors (Lipinski definition) is 1. The van der Waals surface area contributed by atoms with Crippen molar-refractivity contribution >= 4 is 11.7 Å². The van der Waals surface area contributed by atoms with E-state index in [2.05, 4.69) is 27.2 Å². The Hall–Kier alpha value is -3.60. The molecule has 0 aliphatic rings. The van der Waals surface area contributed by atoms with Gasteiger partial charge in [0, 0.05) is 41.7 Å². The zero-order valence-corrected chi connectivity index (χ0v) is 15.9. The molecule has 8 heteroatoms. The Morgan fingerprint density at radius 2 is 1.93 bits per heavy atom. The fraction of sp³-hybridized carbons (Fsp3) is 0.190.